The highest BCUT2D eigenvalue weighted by Gasteiger charge is 2.11. The number of carbonyl (C=O) groups excluding carboxylic acids is 1. The molecule has 0 spiro atoms. The molecule has 0 aliphatic rings. The number of nitrogens with one attached hydrogen (secondary N) is 1. The zero-order valence-corrected chi connectivity index (χ0v) is 11.4. The highest BCUT2D eigenvalue weighted by Crippen LogP contribution is 2.17. The summed E-state index contributed by atoms with van der Waals surface area (Å²) >= 11 is 0. The summed E-state index contributed by atoms with van der Waals surface area (Å²) in [6.07, 6.45) is 2.57. The zero-order valence-electron chi connectivity index (χ0n) is 11.4. The molecule has 1 heterocycles. The van der Waals surface area contributed by atoms with Crippen LogP contribution >= 0.6 is 0 Å². The SMILES string of the molecule is C[C@H](NC(=O)CCc1ccccc1O)c1ccccn1. The van der Waals surface area contributed by atoms with Crippen molar-refractivity contribution in [2.45, 2.75) is 25.8 Å². The van der Waals surface area contributed by atoms with Crippen LogP contribution < -0.4 is 5.32 Å². The van der Waals surface area contributed by atoms with Crippen molar-refractivity contribution in [3.8, 4) is 5.75 Å². The molecule has 1 atom stereocenters. The number of para-hydroxylation sites is 1. The molecule has 1 amide bonds. The molecule has 20 heavy (non-hydrogen) atoms. The first-order valence-corrected chi connectivity index (χ1v) is 6.64. The van der Waals surface area contributed by atoms with Gasteiger partial charge in [-0.3, -0.25) is 9.78 Å². The number of aromatic hydroxyl groups is 1. The number of aryl methyl sites for hydroxylation is 1. The Morgan fingerprint density at radius 3 is 2.70 bits per heavy atom. The first-order valence-electron chi connectivity index (χ1n) is 6.64. The van der Waals surface area contributed by atoms with Gasteiger partial charge >= 0.3 is 0 Å². The third-order valence-electron chi connectivity index (χ3n) is 3.12. The minimum Gasteiger partial charge on any atom is -0.508 e. The highest BCUT2D eigenvalue weighted by atomic mass is 16.3. The lowest BCUT2D eigenvalue weighted by Crippen LogP contribution is -2.27. The van der Waals surface area contributed by atoms with Gasteiger partial charge in [0.15, 0.2) is 0 Å². The smallest absolute Gasteiger partial charge is 0.220 e. The Labute approximate surface area is 118 Å². The number of rotatable bonds is 5. The van der Waals surface area contributed by atoms with Crippen molar-refractivity contribution in [2.75, 3.05) is 0 Å². The molecular weight excluding hydrogens is 252 g/mol. The molecule has 0 radical (unpaired) electrons. The largest absolute Gasteiger partial charge is 0.508 e. The summed E-state index contributed by atoms with van der Waals surface area (Å²) in [5.41, 5.74) is 1.62. The molecule has 0 fully saturated rings. The summed E-state index contributed by atoms with van der Waals surface area (Å²) in [7, 11) is 0. The molecule has 2 rings (SSSR count). The number of nitrogens with zero attached hydrogens (tertiary/aromatic N) is 1. The van der Waals surface area contributed by atoms with Gasteiger partial charge in [-0.25, -0.2) is 0 Å². The molecule has 0 aliphatic carbocycles. The summed E-state index contributed by atoms with van der Waals surface area (Å²) in [5.74, 6) is 0.185. The number of benzene rings is 1. The fraction of sp³-hybridized carbons (Fsp3) is 0.250. The molecule has 0 bridgehead atoms. The van der Waals surface area contributed by atoms with E-state index in [1.54, 1.807) is 18.3 Å². The Morgan fingerprint density at radius 1 is 1.25 bits per heavy atom. The summed E-state index contributed by atoms with van der Waals surface area (Å²) in [4.78, 5) is 16.1. The molecule has 4 heteroatoms. The normalized spacial score (nSPS) is 11.8. The van der Waals surface area contributed by atoms with Crippen LogP contribution in [0.15, 0.2) is 48.7 Å². The Morgan fingerprint density at radius 2 is 2.00 bits per heavy atom. The van der Waals surface area contributed by atoms with E-state index < -0.39 is 0 Å². The third kappa shape index (κ3) is 3.82. The lowest BCUT2D eigenvalue weighted by atomic mass is 10.1. The first-order chi connectivity index (χ1) is 9.66. The predicted molar refractivity (Wildman–Crippen MR) is 77.2 cm³/mol. The molecule has 1 aromatic carbocycles. The van der Waals surface area contributed by atoms with E-state index in [0.29, 0.717) is 12.8 Å². The van der Waals surface area contributed by atoms with Crippen molar-refractivity contribution in [1.29, 1.82) is 0 Å². The minimum absolute atomic E-state index is 0.0496. The molecule has 2 N–H and O–H groups in total. The Kier molecular flexibility index (Phi) is 4.71. The quantitative estimate of drug-likeness (QED) is 0.877. The van der Waals surface area contributed by atoms with Crippen LogP contribution in [0.1, 0.15) is 30.6 Å². The Hall–Kier alpha value is -2.36. The molecule has 0 saturated carbocycles. The molecule has 2 aromatic rings. The fourth-order valence-corrected chi connectivity index (χ4v) is 1.99. The summed E-state index contributed by atoms with van der Waals surface area (Å²) in [6, 6.07) is 12.6. The van der Waals surface area contributed by atoms with Gasteiger partial charge in [0.05, 0.1) is 11.7 Å². The monoisotopic (exact) mass is 270 g/mol. The second kappa shape index (κ2) is 6.70. The molecule has 0 saturated heterocycles. The fourth-order valence-electron chi connectivity index (χ4n) is 1.99. The average Bonchev–Trinajstić information content (AvgIpc) is 2.47. The topological polar surface area (TPSA) is 62.2 Å². The maximum absolute atomic E-state index is 11.9. The number of amides is 1. The van der Waals surface area contributed by atoms with Crippen LogP contribution in [-0.4, -0.2) is 16.0 Å². The number of pyridine rings is 1. The number of hydrogen-bond acceptors (Lipinski definition) is 3. The van der Waals surface area contributed by atoms with Crippen molar-refractivity contribution < 1.29 is 9.90 Å². The van der Waals surface area contributed by atoms with Gasteiger partial charge in [-0.05, 0) is 37.1 Å². The van der Waals surface area contributed by atoms with E-state index in [-0.39, 0.29) is 17.7 Å². The summed E-state index contributed by atoms with van der Waals surface area (Å²) in [5, 5.41) is 12.5. The van der Waals surface area contributed by atoms with Gasteiger partial charge in [0.1, 0.15) is 5.75 Å². The van der Waals surface area contributed by atoms with E-state index in [9.17, 15) is 9.90 Å². The van der Waals surface area contributed by atoms with E-state index in [0.717, 1.165) is 11.3 Å². The first kappa shape index (κ1) is 14.1. The van der Waals surface area contributed by atoms with Crippen molar-refractivity contribution in [1.82, 2.24) is 10.3 Å². The highest BCUT2D eigenvalue weighted by molar-refractivity contribution is 5.76. The van der Waals surface area contributed by atoms with Crippen molar-refractivity contribution in [3.63, 3.8) is 0 Å². The van der Waals surface area contributed by atoms with E-state index >= 15 is 0 Å². The van der Waals surface area contributed by atoms with Gasteiger partial charge < -0.3 is 10.4 Å². The van der Waals surface area contributed by atoms with Gasteiger partial charge in [-0.15, -0.1) is 0 Å². The molecular formula is C16H18N2O2. The van der Waals surface area contributed by atoms with Crippen LogP contribution in [0.3, 0.4) is 0 Å². The number of aromatic nitrogens is 1. The van der Waals surface area contributed by atoms with Crippen LogP contribution in [-0.2, 0) is 11.2 Å². The predicted octanol–water partition coefficient (Wildman–Crippen LogP) is 2.60. The Balaban J connectivity index is 1.86. The van der Waals surface area contributed by atoms with Crippen LogP contribution in [0.5, 0.6) is 5.75 Å². The van der Waals surface area contributed by atoms with Gasteiger partial charge in [0, 0.05) is 12.6 Å². The van der Waals surface area contributed by atoms with E-state index in [2.05, 4.69) is 10.3 Å². The van der Waals surface area contributed by atoms with Gasteiger partial charge in [0.25, 0.3) is 0 Å². The van der Waals surface area contributed by atoms with E-state index in [4.69, 9.17) is 0 Å². The molecule has 4 nitrogen and oxygen atoms in total. The zero-order chi connectivity index (χ0) is 14.4. The van der Waals surface area contributed by atoms with Gasteiger partial charge in [-0.2, -0.15) is 0 Å². The van der Waals surface area contributed by atoms with Gasteiger partial charge in [-0.1, -0.05) is 24.3 Å². The maximum Gasteiger partial charge on any atom is 0.220 e. The van der Waals surface area contributed by atoms with Crippen molar-refractivity contribution >= 4 is 5.91 Å². The Bertz CT molecular complexity index is 570. The molecule has 104 valence electrons. The van der Waals surface area contributed by atoms with Gasteiger partial charge in [0.2, 0.25) is 5.91 Å². The van der Waals surface area contributed by atoms with Crippen molar-refractivity contribution in [3.05, 3.63) is 59.9 Å². The van der Waals surface area contributed by atoms with Crippen molar-refractivity contribution in [2.24, 2.45) is 0 Å². The summed E-state index contributed by atoms with van der Waals surface area (Å²) < 4.78 is 0. The third-order valence-corrected chi connectivity index (χ3v) is 3.12. The van der Waals surface area contributed by atoms with Crippen LogP contribution in [0.4, 0.5) is 0 Å². The van der Waals surface area contributed by atoms with Crippen LogP contribution in [0.25, 0.3) is 0 Å². The van der Waals surface area contributed by atoms with Crippen LogP contribution in [0, 0.1) is 0 Å². The minimum atomic E-state index is -0.118. The average molecular weight is 270 g/mol. The number of phenolic OH excluding ortho intramolecular Hbond substituents is 1. The standard InChI is InChI=1S/C16H18N2O2/c1-12(14-7-4-5-11-17-14)18-16(20)10-9-13-6-2-3-8-15(13)19/h2-8,11-12,19H,9-10H2,1H3,(H,18,20)/t12-/m0/s1. The molecule has 1 aromatic heterocycles. The number of hydrogen-bond donors (Lipinski definition) is 2. The van der Waals surface area contributed by atoms with E-state index in [1.165, 1.54) is 0 Å². The number of phenols is 1. The second-order valence-corrected chi connectivity index (χ2v) is 4.67. The molecule has 0 unspecified atom stereocenters. The lowest BCUT2D eigenvalue weighted by molar-refractivity contribution is -0.121. The molecule has 0 aliphatic heterocycles. The van der Waals surface area contributed by atoms with Crippen LogP contribution in [0.2, 0.25) is 0 Å². The maximum atomic E-state index is 11.9. The number of carbonyl (C=O) groups is 1. The lowest BCUT2D eigenvalue weighted by Gasteiger charge is -2.13. The second-order valence-electron chi connectivity index (χ2n) is 4.67. The summed E-state index contributed by atoms with van der Waals surface area (Å²) in [6.45, 7) is 1.90. The van der Waals surface area contributed by atoms with E-state index in [1.807, 2.05) is 37.3 Å².